The largest absolute Gasteiger partial charge is 0.351 e. The number of aromatic amines is 1. The maximum atomic E-state index is 12.8. The number of aromatic nitrogens is 2. The summed E-state index contributed by atoms with van der Waals surface area (Å²) in [7, 11) is 0. The molecule has 4 heterocycles. The van der Waals surface area contributed by atoms with Crippen molar-refractivity contribution in [3.63, 3.8) is 0 Å². The van der Waals surface area contributed by atoms with Crippen molar-refractivity contribution in [3.05, 3.63) is 65.1 Å². The summed E-state index contributed by atoms with van der Waals surface area (Å²) in [6.45, 7) is 8.42. The molecular formula is C26H32N6O2. The van der Waals surface area contributed by atoms with E-state index in [9.17, 15) is 9.59 Å². The predicted molar refractivity (Wildman–Crippen MR) is 131 cm³/mol. The van der Waals surface area contributed by atoms with Gasteiger partial charge in [0, 0.05) is 56.0 Å². The molecule has 0 aliphatic carbocycles. The lowest BCUT2D eigenvalue weighted by molar-refractivity contribution is -0.129. The van der Waals surface area contributed by atoms with E-state index in [0.717, 1.165) is 48.9 Å². The van der Waals surface area contributed by atoms with E-state index in [1.807, 2.05) is 18.3 Å². The Balaban J connectivity index is 1.14. The van der Waals surface area contributed by atoms with Gasteiger partial charge in [-0.25, -0.2) is 0 Å². The van der Waals surface area contributed by atoms with E-state index in [2.05, 4.69) is 62.4 Å². The Labute approximate surface area is 199 Å². The zero-order valence-electron chi connectivity index (χ0n) is 19.9. The summed E-state index contributed by atoms with van der Waals surface area (Å²) < 4.78 is 0. The lowest BCUT2D eigenvalue weighted by Gasteiger charge is -2.42. The molecular weight excluding hydrogens is 428 g/mol. The van der Waals surface area contributed by atoms with Crippen LogP contribution in [0.5, 0.6) is 0 Å². The summed E-state index contributed by atoms with van der Waals surface area (Å²) in [6, 6.07) is 10.1. The number of nitrogens with zero attached hydrogens (tertiary/aromatic N) is 3. The SMILES string of the molecule is Cc1cc(C)c2cc(C(=O)NCCN3CCC4(CC3)C(=O)NCN4Cc3cccnc3)[nH]c2c1. The molecule has 0 atom stereocenters. The molecule has 0 radical (unpaired) electrons. The average molecular weight is 461 g/mol. The molecule has 34 heavy (non-hydrogen) atoms. The molecule has 8 nitrogen and oxygen atoms in total. The first-order chi connectivity index (χ1) is 16.4. The number of pyridine rings is 1. The smallest absolute Gasteiger partial charge is 0.267 e. The number of rotatable bonds is 6. The van der Waals surface area contributed by atoms with Crippen molar-refractivity contribution < 1.29 is 9.59 Å². The van der Waals surface area contributed by atoms with Crippen LogP contribution in [-0.4, -0.2) is 70.0 Å². The Kier molecular flexibility index (Phi) is 6.10. The fourth-order valence-corrected chi connectivity index (χ4v) is 5.38. The number of piperidine rings is 1. The number of carbonyl (C=O) groups is 2. The van der Waals surface area contributed by atoms with Crippen LogP contribution < -0.4 is 10.6 Å². The van der Waals surface area contributed by atoms with Crippen LogP contribution >= 0.6 is 0 Å². The van der Waals surface area contributed by atoms with E-state index < -0.39 is 5.54 Å². The van der Waals surface area contributed by atoms with Crippen molar-refractivity contribution in [3.8, 4) is 0 Å². The highest BCUT2D eigenvalue weighted by Crippen LogP contribution is 2.33. The zero-order valence-corrected chi connectivity index (χ0v) is 19.9. The van der Waals surface area contributed by atoms with Crippen LogP contribution in [0, 0.1) is 13.8 Å². The average Bonchev–Trinajstić information content (AvgIpc) is 3.39. The lowest BCUT2D eigenvalue weighted by atomic mass is 9.86. The molecule has 0 bridgehead atoms. The van der Waals surface area contributed by atoms with E-state index in [1.54, 1.807) is 6.20 Å². The molecule has 2 fully saturated rings. The van der Waals surface area contributed by atoms with Crippen LogP contribution in [0.2, 0.25) is 0 Å². The Bertz CT molecular complexity index is 1200. The van der Waals surface area contributed by atoms with E-state index >= 15 is 0 Å². The van der Waals surface area contributed by atoms with Gasteiger partial charge in [-0.1, -0.05) is 12.1 Å². The topological polar surface area (TPSA) is 93.4 Å². The summed E-state index contributed by atoms with van der Waals surface area (Å²) in [5.41, 5.74) is 4.60. The Morgan fingerprint density at radius 3 is 2.79 bits per heavy atom. The van der Waals surface area contributed by atoms with Crippen LogP contribution in [0.25, 0.3) is 10.9 Å². The Morgan fingerprint density at radius 1 is 1.21 bits per heavy atom. The maximum Gasteiger partial charge on any atom is 0.267 e. The molecule has 2 aliphatic rings. The first-order valence-corrected chi connectivity index (χ1v) is 12.0. The highest BCUT2D eigenvalue weighted by molar-refractivity contribution is 5.99. The van der Waals surface area contributed by atoms with Gasteiger partial charge in [0.25, 0.3) is 5.91 Å². The van der Waals surface area contributed by atoms with E-state index in [1.165, 1.54) is 11.1 Å². The van der Waals surface area contributed by atoms with Gasteiger partial charge in [-0.2, -0.15) is 0 Å². The third-order valence-corrected chi connectivity index (χ3v) is 7.29. The molecule has 2 amide bonds. The zero-order chi connectivity index (χ0) is 23.7. The molecule has 2 saturated heterocycles. The van der Waals surface area contributed by atoms with Crippen molar-refractivity contribution in [2.24, 2.45) is 0 Å². The summed E-state index contributed by atoms with van der Waals surface area (Å²) in [5, 5.41) is 7.18. The number of fused-ring (bicyclic) bond motifs is 1. The second kappa shape index (κ2) is 9.19. The molecule has 3 aromatic rings. The maximum absolute atomic E-state index is 12.8. The van der Waals surface area contributed by atoms with Crippen LogP contribution in [0.3, 0.4) is 0 Å². The number of likely N-dealkylation sites (tertiary alicyclic amines) is 1. The highest BCUT2D eigenvalue weighted by Gasteiger charge is 2.49. The minimum Gasteiger partial charge on any atom is -0.351 e. The molecule has 3 N–H and O–H groups in total. The minimum absolute atomic E-state index is 0.0838. The van der Waals surface area contributed by atoms with Gasteiger partial charge in [-0.05, 0) is 61.6 Å². The van der Waals surface area contributed by atoms with Gasteiger partial charge in [0.1, 0.15) is 11.2 Å². The highest BCUT2D eigenvalue weighted by atomic mass is 16.2. The van der Waals surface area contributed by atoms with Gasteiger partial charge >= 0.3 is 0 Å². The summed E-state index contributed by atoms with van der Waals surface area (Å²) in [6.07, 6.45) is 5.20. The molecule has 8 heteroatoms. The lowest BCUT2D eigenvalue weighted by Crippen LogP contribution is -2.56. The normalized spacial score (nSPS) is 18.5. The van der Waals surface area contributed by atoms with Crippen LogP contribution in [0.15, 0.2) is 42.7 Å². The van der Waals surface area contributed by atoms with Crippen LogP contribution in [-0.2, 0) is 11.3 Å². The van der Waals surface area contributed by atoms with E-state index in [-0.39, 0.29) is 11.8 Å². The number of hydrogen-bond acceptors (Lipinski definition) is 5. The molecule has 2 aromatic heterocycles. The van der Waals surface area contributed by atoms with Gasteiger partial charge in [-0.3, -0.25) is 19.5 Å². The first kappa shape index (κ1) is 22.6. The van der Waals surface area contributed by atoms with E-state index in [4.69, 9.17) is 0 Å². The number of aryl methyl sites for hydroxylation is 2. The number of amides is 2. The van der Waals surface area contributed by atoms with Gasteiger partial charge in [-0.15, -0.1) is 0 Å². The molecule has 1 aromatic carbocycles. The molecule has 0 unspecified atom stereocenters. The third kappa shape index (κ3) is 4.31. The van der Waals surface area contributed by atoms with Crippen molar-refractivity contribution in [2.45, 2.75) is 38.8 Å². The second-order valence-corrected chi connectivity index (χ2v) is 9.58. The number of benzene rings is 1. The first-order valence-electron chi connectivity index (χ1n) is 12.0. The third-order valence-electron chi connectivity index (χ3n) is 7.29. The van der Waals surface area contributed by atoms with Gasteiger partial charge in [0.15, 0.2) is 0 Å². The Morgan fingerprint density at radius 2 is 2.03 bits per heavy atom. The fourth-order valence-electron chi connectivity index (χ4n) is 5.38. The summed E-state index contributed by atoms with van der Waals surface area (Å²) in [5.74, 6) is 0.0493. The molecule has 2 aliphatic heterocycles. The number of nitrogens with one attached hydrogen (secondary N) is 3. The predicted octanol–water partition coefficient (Wildman–Crippen LogP) is 2.33. The molecule has 1 spiro atoms. The van der Waals surface area contributed by atoms with Crippen molar-refractivity contribution in [1.29, 1.82) is 0 Å². The van der Waals surface area contributed by atoms with Gasteiger partial charge < -0.3 is 20.5 Å². The van der Waals surface area contributed by atoms with Crippen molar-refractivity contribution >= 4 is 22.7 Å². The monoisotopic (exact) mass is 460 g/mol. The number of hydrogen-bond donors (Lipinski definition) is 3. The molecule has 178 valence electrons. The van der Waals surface area contributed by atoms with E-state index in [0.29, 0.717) is 25.5 Å². The standard InChI is InChI=1S/C26H32N6O2/c1-18-12-19(2)21-14-23(30-22(21)13-18)24(33)28-8-11-31-9-5-26(6-10-31)25(34)29-17-32(26)16-20-4-3-7-27-15-20/h3-4,7,12-15,30H,5-6,8-11,16-17H2,1-2H3,(H,28,33)(H,29,34). The Hall–Kier alpha value is -3.23. The fraction of sp³-hybridized carbons (Fsp3) is 0.423. The van der Waals surface area contributed by atoms with Crippen molar-refractivity contribution in [2.75, 3.05) is 32.8 Å². The minimum atomic E-state index is -0.448. The van der Waals surface area contributed by atoms with Gasteiger partial charge in [0.05, 0.1) is 6.67 Å². The van der Waals surface area contributed by atoms with Gasteiger partial charge in [0.2, 0.25) is 5.91 Å². The van der Waals surface area contributed by atoms with Crippen LogP contribution in [0.4, 0.5) is 0 Å². The summed E-state index contributed by atoms with van der Waals surface area (Å²) in [4.78, 5) is 37.5. The molecule has 0 saturated carbocycles. The number of H-pyrrole nitrogens is 1. The van der Waals surface area contributed by atoms with Crippen molar-refractivity contribution in [1.82, 2.24) is 30.4 Å². The van der Waals surface area contributed by atoms with Crippen LogP contribution in [0.1, 0.15) is 40.0 Å². The number of carbonyl (C=O) groups excluding carboxylic acids is 2. The quantitative estimate of drug-likeness (QED) is 0.525. The second-order valence-electron chi connectivity index (χ2n) is 9.58. The molecule has 5 rings (SSSR count). The summed E-state index contributed by atoms with van der Waals surface area (Å²) >= 11 is 0.